The summed E-state index contributed by atoms with van der Waals surface area (Å²) < 4.78 is 5.45. The number of carbonyl (C=O) groups is 2. The molecule has 1 saturated heterocycles. The Hall–Kier alpha value is -0.940. The van der Waals surface area contributed by atoms with Gasteiger partial charge in [0.1, 0.15) is 0 Å². The Morgan fingerprint density at radius 2 is 2.00 bits per heavy atom. The Bertz CT molecular complexity index is 313. The summed E-state index contributed by atoms with van der Waals surface area (Å²) in [4.78, 5) is 25.0. The molecule has 0 aromatic heterocycles. The van der Waals surface area contributed by atoms with E-state index >= 15 is 0 Å². The topological polar surface area (TPSA) is 58.6 Å². The molecule has 0 bridgehead atoms. The summed E-state index contributed by atoms with van der Waals surface area (Å²) in [5.41, 5.74) is -0.661. The van der Waals surface area contributed by atoms with Crippen LogP contribution in [0.5, 0.6) is 0 Å². The molecule has 0 spiro atoms. The lowest BCUT2D eigenvalue weighted by molar-refractivity contribution is -0.153. The first kappa shape index (κ1) is 15.1. The third-order valence-electron chi connectivity index (χ3n) is 3.06. The van der Waals surface area contributed by atoms with Crippen molar-refractivity contribution in [2.24, 2.45) is 5.92 Å². The molecule has 5 nitrogen and oxygen atoms in total. The van der Waals surface area contributed by atoms with Gasteiger partial charge < -0.3 is 4.74 Å². The Balaban J connectivity index is 2.35. The highest BCUT2D eigenvalue weighted by Gasteiger charge is 2.39. The van der Waals surface area contributed by atoms with Crippen LogP contribution in [0.3, 0.4) is 0 Å². The van der Waals surface area contributed by atoms with Gasteiger partial charge in [0.05, 0.1) is 25.2 Å². The second kappa shape index (κ2) is 6.29. The fraction of sp³-hybridized carbons (Fsp3) is 0.846. The second-order valence-corrected chi connectivity index (χ2v) is 5.62. The van der Waals surface area contributed by atoms with Crippen molar-refractivity contribution in [2.45, 2.75) is 39.7 Å². The Labute approximate surface area is 109 Å². The van der Waals surface area contributed by atoms with Gasteiger partial charge in [-0.3, -0.25) is 19.8 Å². The van der Waals surface area contributed by atoms with Gasteiger partial charge >= 0.3 is 0 Å². The van der Waals surface area contributed by atoms with E-state index in [9.17, 15) is 9.59 Å². The van der Waals surface area contributed by atoms with Gasteiger partial charge in [-0.15, -0.1) is 0 Å². The zero-order valence-corrected chi connectivity index (χ0v) is 11.8. The maximum atomic E-state index is 12.0. The monoisotopic (exact) mass is 256 g/mol. The zero-order chi connectivity index (χ0) is 13.8. The van der Waals surface area contributed by atoms with Crippen molar-refractivity contribution in [3.05, 3.63) is 0 Å². The van der Waals surface area contributed by atoms with Gasteiger partial charge in [0, 0.05) is 6.61 Å². The molecule has 1 fully saturated rings. The molecule has 18 heavy (non-hydrogen) atoms. The van der Waals surface area contributed by atoms with Gasteiger partial charge in [0.15, 0.2) is 0 Å². The van der Waals surface area contributed by atoms with Crippen molar-refractivity contribution in [1.82, 2.24) is 10.2 Å². The number of nitrogens with one attached hydrogen (secondary N) is 1. The summed E-state index contributed by atoms with van der Waals surface area (Å²) in [5.74, 6) is 0.254. The summed E-state index contributed by atoms with van der Waals surface area (Å²) >= 11 is 0. The molecule has 1 N–H and O–H groups in total. The summed E-state index contributed by atoms with van der Waals surface area (Å²) in [7, 11) is 0. The zero-order valence-electron chi connectivity index (χ0n) is 11.8. The van der Waals surface area contributed by atoms with Crippen LogP contribution < -0.4 is 5.32 Å². The number of ether oxygens (including phenoxy) is 1. The van der Waals surface area contributed by atoms with E-state index in [-0.39, 0.29) is 18.4 Å². The fourth-order valence-corrected chi connectivity index (χ4v) is 1.72. The van der Waals surface area contributed by atoms with Crippen LogP contribution in [0, 0.1) is 5.92 Å². The predicted octanol–water partition coefficient (Wildman–Crippen LogP) is 0.786. The smallest absolute Gasteiger partial charge is 0.249 e. The lowest BCUT2D eigenvalue weighted by Crippen LogP contribution is -2.64. The van der Waals surface area contributed by atoms with Crippen molar-refractivity contribution in [3.63, 3.8) is 0 Å². The highest BCUT2D eigenvalue weighted by molar-refractivity contribution is 6.03. The molecular weight excluding hydrogens is 232 g/mol. The first-order chi connectivity index (χ1) is 8.34. The summed E-state index contributed by atoms with van der Waals surface area (Å²) in [6, 6.07) is 0. The van der Waals surface area contributed by atoms with E-state index < -0.39 is 5.54 Å². The number of rotatable bonds is 6. The van der Waals surface area contributed by atoms with E-state index in [1.807, 2.05) is 0 Å². The van der Waals surface area contributed by atoms with E-state index in [1.165, 1.54) is 4.90 Å². The van der Waals surface area contributed by atoms with Crippen LogP contribution in [-0.4, -0.2) is 48.6 Å². The van der Waals surface area contributed by atoms with Gasteiger partial charge in [0.2, 0.25) is 11.8 Å². The molecule has 0 atom stereocenters. The molecule has 0 aromatic rings. The minimum atomic E-state index is -0.661. The second-order valence-electron chi connectivity index (χ2n) is 5.62. The van der Waals surface area contributed by atoms with Gasteiger partial charge in [0.25, 0.3) is 0 Å². The number of hydrogen-bond donors (Lipinski definition) is 1. The molecule has 0 unspecified atom stereocenters. The number of amides is 2. The molecule has 1 heterocycles. The molecule has 2 amide bonds. The highest BCUT2D eigenvalue weighted by atomic mass is 16.5. The summed E-state index contributed by atoms with van der Waals surface area (Å²) in [5, 5.41) is 2.92. The normalized spacial score (nSPS) is 19.7. The van der Waals surface area contributed by atoms with Crippen LogP contribution in [0.4, 0.5) is 0 Å². The molecule has 0 saturated carbocycles. The van der Waals surface area contributed by atoms with E-state index in [0.29, 0.717) is 25.7 Å². The number of imide groups is 1. The predicted molar refractivity (Wildman–Crippen MR) is 69.1 cm³/mol. The molecule has 1 aliphatic rings. The first-order valence-electron chi connectivity index (χ1n) is 6.52. The van der Waals surface area contributed by atoms with Crippen molar-refractivity contribution < 1.29 is 14.3 Å². The Kier molecular flexibility index (Phi) is 5.28. The van der Waals surface area contributed by atoms with Crippen LogP contribution >= 0.6 is 0 Å². The van der Waals surface area contributed by atoms with Crippen LogP contribution in [0.2, 0.25) is 0 Å². The van der Waals surface area contributed by atoms with E-state index in [4.69, 9.17) is 4.74 Å². The van der Waals surface area contributed by atoms with Crippen LogP contribution in [0.1, 0.15) is 34.1 Å². The molecule has 1 aliphatic heterocycles. The molecular formula is C13H24N2O3. The lowest BCUT2D eigenvalue weighted by atomic mass is 10.0. The quantitative estimate of drug-likeness (QED) is 0.564. The summed E-state index contributed by atoms with van der Waals surface area (Å²) in [6.07, 6.45) is 0.995. The van der Waals surface area contributed by atoms with E-state index in [1.54, 1.807) is 13.8 Å². The maximum Gasteiger partial charge on any atom is 0.249 e. The first-order valence-corrected chi connectivity index (χ1v) is 6.52. The molecule has 0 aromatic carbocycles. The number of hydrogen-bond acceptors (Lipinski definition) is 4. The van der Waals surface area contributed by atoms with Crippen LogP contribution in [-0.2, 0) is 14.3 Å². The number of piperazine rings is 1. The van der Waals surface area contributed by atoms with Gasteiger partial charge in [-0.2, -0.15) is 0 Å². The Morgan fingerprint density at radius 1 is 1.33 bits per heavy atom. The van der Waals surface area contributed by atoms with Crippen molar-refractivity contribution in [3.8, 4) is 0 Å². The van der Waals surface area contributed by atoms with E-state index in [0.717, 1.165) is 6.42 Å². The standard InChI is InChI=1S/C13H24N2O3/c1-10(2)5-7-18-8-6-15-11(16)9-14-13(3,4)12(15)17/h10,14H,5-9H2,1-4H3. The maximum absolute atomic E-state index is 12.0. The lowest BCUT2D eigenvalue weighted by Gasteiger charge is -2.36. The molecule has 0 radical (unpaired) electrons. The highest BCUT2D eigenvalue weighted by Crippen LogP contribution is 2.12. The minimum Gasteiger partial charge on any atom is -0.380 e. The largest absolute Gasteiger partial charge is 0.380 e. The number of nitrogens with zero attached hydrogens (tertiary/aromatic N) is 1. The Morgan fingerprint density at radius 3 is 2.61 bits per heavy atom. The van der Waals surface area contributed by atoms with Crippen LogP contribution in [0.25, 0.3) is 0 Å². The molecule has 104 valence electrons. The average molecular weight is 256 g/mol. The van der Waals surface area contributed by atoms with Crippen molar-refractivity contribution in [1.29, 1.82) is 0 Å². The van der Waals surface area contributed by atoms with E-state index in [2.05, 4.69) is 19.2 Å². The third-order valence-corrected chi connectivity index (χ3v) is 3.06. The van der Waals surface area contributed by atoms with Gasteiger partial charge in [-0.05, 0) is 26.2 Å². The SMILES string of the molecule is CC(C)CCOCCN1C(=O)CNC(C)(C)C1=O. The average Bonchev–Trinajstić information content (AvgIpc) is 2.28. The van der Waals surface area contributed by atoms with Gasteiger partial charge in [-0.1, -0.05) is 13.8 Å². The van der Waals surface area contributed by atoms with Crippen LogP contribution in [0.15, 0.2) is 0 Å². The fourth-order valence-electron chi connectivity index (χ4n) is 1.72. The van der Waals surface area contributed by atoms with Gasteiger partial charge in [-0.25, -0.2) is 0 Å². The van der Waals surface area contributed by atoms with Crippen molar-refractivity contribution >= 4 is 11.8 Å². The minimum absolute atomic E-state index is 0.174. The van der Waals surface area contributed by atoms with Crippen molar-refractivity contribution in [2.75, 3.05) is 26.3 Å². The summed E-state index contributed by atoms with van der Waals surface area (Å²) in [6.45, 7) is 9.49. The molecule has 1 rings (SSSR count). The third kappa shape index (κ3) is 4.07. The number of carbonyl (C=O) groups excluding carboxylic acids is 2. The molecule has 5 heteroatoms. The molecule has 0 aliphatic carbocycles.